The quantitative estimate of drug-likeness (QED) is 0.783. The molecular weight excluding hydrogens is 328 g/mol. The standard InChI is InChI=1S/C17H30N4O2.ClH/c1-17(2,3)21-11-13(10-15(21)22)16(23)20-7-4-14(12-20)19-8-5-18-6-9-19;/h13-14,18H,4-12H2,1-3H3;1H. The van der Waals surface area contributed by atoms with Gasteiger partial charge in [-0.25, -0.2) is 0 Å². The van der Waals surface area contributed by atoms with E-state index in [1.54, 1.807) is 0 Å². The summed E-state index contributed by atoms with van der Waals surface area (Å²) < 4.78 is 0. The third kappa shape index (κ3) is 4.03. The normalized spacial score (nSPS) is 29.0. The first-order valence-corrected chi connectivity index (χ1v) is 8.90. The third-order valence-corrected chi connectivity index (χ3v) is 5.43. The van der Waals surface area contributed by atoms with Gasteiger partial charge in [0.2, 0.25) is 11.8 Å². The minimum Gasteiger partial charge on any atom is -0.341 e. The highest BCUT2D eigenvalue weighted by Crippen LogP contribution is 2.28. The lowest BCUT2D eigenvalue weighted by atomic mass is 10.1. The van der Waals surface area contributed by atoms with Crippen molar-refractivity contribution < 1.29 is 9.59 Å². The van der Waals surface area contributed by atoms with Crippen molar-refractivity contribution in [2.24, 2.45) is 5.92 Å². The summed E-state index contributed by atoms with van der Waals surface area (Å²) in [4.78, 5) is 31.4. The van der Waals surface area contributed by atoms with Crippen LogP contribution >= 0.6 is 12.4 Å². The highest BCUT2D eigenvalue weighted by Gasteiger charge is 2.42. The Kier molecular flexibility index (Phi) is 6.15. The van der Waals surface area contributed by atoms with E-state index in [-0.39, 0.29) is 35.7 Å². The Hall–Kier alpha value is -0.850. The van der Waals surface area contributed by atoms with E-state index in [0.717, 1.165) is 45.7 Å². The summed E-state index contributed by atoms with van der Waals surface area (Å²) in [6, 6.07) is 0.497. The van der Waals surface area contributed by atoms with E-state index in [1.807, 2.05) is 30.6 Å². The Labute approximate surface area is 151 Å². The van der Waals surface area contributed by atoms with Crippen LogP contribution in [-0.4, -0.2) is 83.9 Å². The molecule has 3 aliphatic rings. The van der Waals surface area contributed by atoms with E-state index >= 15 is 0 Å². The van der Waals surface area contributed by atoms with Crippen LogP contribution in [0.3, 0.4) is 0 Å². The molecule has 2 amide bonds. The lowest BCUT2D eigenvalue weighted by Crippen LogP contribution is -2.49. The summed E-state index contributed by atoms with van der Waals surface area (Å²) in [6.45, 7) is 12.6. The van der Waals surface area contributed by atoms with Crippen LogP contribution in [0.15, 0.2) is 0 Å². The van der Waals surface area contributed by atoms with Crippen LogP contribution in [-0.2, 0) is 9.59 Å². The maximum atomic E-state index is 12.8. The van der Waals surface area contributed by atoms with Crippen molar-refractivity contribution in [3.8, 4) is 0 Å². The first kappa shape index (κ1) is 19.5. The first-order valence-electron chi connectivity index (χ1n) is 8.90. The van der Waals surface area contributed by atoms with Gasteiger partial charge in [-0.1, -0.05) is 0 Å². The second-order valence-corrected chi connectivity index (χ2v) is 8.09. The van der Waals surface area contributed by atoms with Gasteiger partial charge in [-0.15, -0.1) is 12.4 Å². The van der Waals surface area contributed by atoms with Crippen molar-refractivity contribution in [2.45, 2.75) is 45.2 Å². The zero-order chi connectivity index (χ0) is 16.6. The van der Waals surface area contributed by atoms with Crippen molar-refractivity contribution in [1.29, 1.82) is 0 Å². The topological polar surface area (TPSA) is 55.9 Å². The van der Waals surface area contributed by atoms with Gasteiger partial charge in [0.05, 0.1) is 5.92 Å². The monoisotopic (exact) mass is 358 g/mol. The van der Waals surface area contributed by atoms with Gasteiger partial charge in [0.15, 0.2) is 0 Å². The van der Waals surface area contributed by atoms with E-state index in [4.69, 9.17) is 0 Å². The summed E-state index contributed by atoms with van der Waals surface area (Å²) in [5.41, 5.74) is -0.194. The van der Waals surface area contributed by atoms with Crippen LogP contribution in [0, 0.1) is 5.92 Å². The second kappa shape index (κ2) is 7.58. The number of piperazine rings is 1. The molecule has 138 valence electrons. The van der Waals surface area contributed by atoms with Crippen LogP contribution in [0.25, 0.3) is 0 Å². The van der Waals surface area contributed by atoms with Gasteiger partial charge >= 0.3 is 0 Å². The van der Waals surface area contributed by atoms with Crippen LogP contribution in [0.4, 0.5) is 0 Å². The molecule has 2 unspecified atom stereocenters. The fourth-order valence-corrected chi connectivity index (χ4v) is 4.07. The highest BCUT2D eigenvalue weighted by atomic mass is 35.5. The lowest BCUT2D eigenvalue weighted by molar-refractivity contribution is -0.135. The molecule has 2 atom stereocenters. The molecule has 0 aromatic carbocycles. The molecule has 0 saturated carbocycles. The average molecular weight is 359 g/mol. The van der Waals surface area contributed by atoms with Gasteiger partial charge < -0.3 is 15.1 Å². The van der Waals surface area contributed by atoms with Crippen molar-refractivity contribution in [3.05, 3.63) is 0 Å². The lowest BCUT2D eigenvalue weighted by Gasteiger charge is -2.33. The van der Waals surface area contributed by atoms with Gasteiger partial charge in [-0.05, 0) is 27.2 Å². The summed E-state index contributed by atoms with van der Waals surface area (Å²) in [6.07, 6.45) is 1.44. The number of hydrogen-bond donors (Lipinski definition) is 1. The molecule has 1 N–H and O–H groups in total. The van der Waals surface area contributed by atoms with Gasteiger partial charge in [0.25, 0.3) is 0 Å². The van der Waals surface area contributed by atoms with Crippen molar-refractivity contribution in [2.75, 3.05) is 45.8 Å². The zero-order valence-corrected chi connectivity index (χ0v) is 15.9. The van der Waals surface area contributed by atoms with Crippen LogP contribution < -0.4 is 5.32 Å². The Morgan fingerprint density at radius 3 is 2.38 bits per heavy atom. The molecule has 0 aromatic heterocycles. The number of hydrogen-bond acceptors (Lipinski definition) is 4. The number of rotatable bonds is 2. The zero-order valence-electron chi connectivity index (χ0n) is 15.1. The number of carbonyl (C=O) groups is 2. The Morgan fingerprint density at radius 2 is 1.79 bits per heavy atom. The molecule has 0 bridgehead atoms. The van der Waals surface area contributed by atoms with Gasteiger partial charge in [-0.3, -0.25) is 14.5 Å². The van der Waals surface area contributed by atoms with E-state index in [1.165, 1.54) is 0 Å². The minimum atomic E-state index is -0.194. The van der Waals surface area contributed by atoms with E-state index in [9.17, 15) is 9.59 Å². The first-order chi connectivity index (χ1) is 10.9. The third-order valence-electron chi connectivity index (χ3n) is 5.43. The van der Waals surface area contributed by atoms with E-state index in [0.29, 0.717) is 19.0 Å². The van der Waals surface area contributed by atoms with Gasteiger partial charge in [0, 0.05) is 63.8 Å². The number of likely N-dealkylation sites (tertiary alicyclic amines) is 2. The highest BCUT2D eigenvalue weighted by molar-refractivity contribution is 5.89. The number of carbonyl (C=O) groups excluding carboxylic acids is 2. The predicted molar refractivity (Wildman–Crippen MR) is 96.2 cm³/mol. The van der Waals surface area contributed by atoms with Crippen LogP contribution in [0.2, 0.25) is 0 Å². The summed E-state index contributed by atoms with van der Waals surface area (Å²) in [7, 11) is 0. The molecule has 3 saturated heterocycles. The summed E-state index contributed by atoms with van der Waals surface area (Å²) >= 11 is 0. The summed E-state index contributed by atoms with van der Waals surface area (Å²) in [5.74, 6) is 0.153. The molecule has 3 aliphatic heterocycles. The Bertz CT molecular complexity index is 474. The molecule has 0 aromatic rings. The maximum Gasteiger partial charge on any atom is 0.228 e. The SMILES string of the molecule is CC(C)(C)N1CC(C(=O)N2CCC(N3CCNCC3)C2)CC1=O.Cl. The second-order valence-electron chi connectivity index (χ2n) is 8.09. The molecular formula is C17H31ClN4O2. The van der Waals surface area contributed by atoms with Crippen molar-refractivity contribution in [3.63, 3.8) is 0 Å². The van der Waals surface area contributed by atoms with Crippen molar-refractivity contribution >= 4 is 24.2 Å². The Balaban J connectivity index is 0.00000208. The smallest absolute Gasteiger partial charge is 0.228 e. The number of nitrogens with one attached hydrogen (secondary N) is 1. The molecule has 24 heavy (non-hydrogen) atoms. The fraction of sp³-hybridized carbons (Fsp3) is 0.882. The molecule has 3 heterocycles. The molecule has 0 spiro atoms. The predicted octanol–water partition coefficient (Wildman–Crippen LogP) is 0.561. The Morgan fingerprint density at radius 1 is 1.12 bits per heavy atom. The molecule has 0 aliphatic carbocycles. The molecule has 3 fully saturated rings. The largest absolute Gasteiger partial charge is 0.341 e. The molecule has 3 rings (SSSR count). The molecule has 0 radical (unpaired) electrons. The summed E-state index contributed by atoms with van der Waals surface area (Å²) in [5, 5.41) is 3.38. The van der Waals surface area contributed by atoms with Gasteiger partial charge in [0.1, 0.15) is 0 Å². The molecule has 7 heteroatoms. The maximum absolute atomic E-state index is 12.8. The van der Waals surface area contributed by atoms with E-state index < -0.39 is 0 Å². The molecule has 6 nitrogen and oxygen atoms in total. The van der Waals surface area contributed by atoms with Crippen LogP contribution in [0.1, 0.15) is 33.6 Å². The number of amides is 2. The van der Waals surface area contributed by atoms with E-state index in [2.05, 4.69) is 10.2 Å². The average Bonchev–Trinajstić information content (AvgIpc) is 3.13. The number of halogens is 1. The van der Waals surface area contributed by atoms with Gasteiger partial charge in [-0.2, -0.15) is 0 Å². The van der Waals surface area contributed by atoms with Crippen LogP contribution in [0.5, 0.6) is 0 Å². The minimum absolute atomic E-state index is 0. The fourth-order valence-electron chi connectivity index (χ4n) is 4.07. The van der Waals surface area contributed by atoms with Crippen molar-refractivity contribution in [1.82, 2.24) is 20.0 Å². The number of nitrogens with zero attached hydrogens (tertiary/aromatic N) is 3.